The van der Waals surface area contributed by atoms with Gasteiger partial charge < -0.3 is 14.5 Å². The molecule has 1 N–H and O–H groups in total. The maximum atomic E-state index is 12.2. The van der Waals surface area contributed by atoms with E-state index in [9.17, 15) is 13.6 Å². The quantitative estimate of drug-likeness (QED) is 0.916. The summed E-state index contributed by atoms with van der Waals surface area (Å²) < 4.78 is 34.0. The van der Waals surface area contributed by atoms with E-state index in [1.807, 2.05) is 0 Å². The molecule has 0 bridgehead atoms. The van der Waals surface area contributed by atoms with Crippen molar-refractivity contribution in [1.29, 1.82) is 0 Å². The summed E-state index contributed by atoms with van der Waals surface area (Å²) in [7, 11) is 0. The van der Waals surface area contributed by atoms with E-state index in [1.54, 1.807) is 37.3 Å². The lowest BCUT2D eigenvalue weighted by Gasteiger charge is -2.10. The number of nitrogens with one attached hydrogen (secondary N) is 1. The molecule has 2 rings (SSSR count). The Morgan fingerprint density at radius 2 is 2.05 bits per heavy atom. The van der Waals surface area contributed by atoms with Crippen LogP contribution in [-0.2, 0) is 6.54 Å². The second kappa shape index (κ2) is 6.18. The molecule has 6 heteroatoms. The third-order valence-corrected chi connectivity index (χ3v) is 2.59. The molecule has 2 aromatic rings. The van der Waals surface area contributed by atoms with Gasteiger partial charge in [0.1, 0.15) is 11.5 Å². The van der Waals surface area contributed by atoms with Crippen molar-refractivity contribution in [2.24, 2.45) is 0 Å². The normalized spacial score (nSPS) is 10.6. The number of amides is 1. The average molecular weight is 281 g/mol. The highest BCUT2D eigenvalue weighted by Crippen LogP contribution is 2.20. The van der Waals surface area contributed by atoms with Gasteiger partial charge in [0.2, 0.25) is 0 Å². The standard InChI is InChI=1S/C14H13F2NO3/c1-9-6-7-12(19-9)13(18)17-8-10-4-2-3-5-11(10)20-14(15)16/h2-7,14H,8H2,1H3,(H,17,18). The molecular weight excluding hydrogens is 268 g/mol. The molecule has 1 heterocycles. The minimum Gasteiger partial charge on any atom is -0.456 e. The fraction of sp³-hybridized carbons (Fsp3) is 0.214. The lowest BCUT2D eigenvalue weighted by atomic mass is 10.2. The predicted molar refractivity (Wildman–Crippen MR) is 67.7 cm³/mol. The number of benzene rings is 1. The van der Waals surface area contributed by atoms with Gasteiger partial charge >= 0.3 is 6.61 Å². The minimum atomic E-state index is -2.90. The van der Waals surface area contributed by atoms with Crippen molar-refractivity contribution < 1.29 is 22.7 Å². The van der Waals surface area contributed by atoms with Crippen molar-refractivity contribution >= 4 is 5.91 Å². The van der Waals surface area contributed by atoms with E-state index < -0.39 is 12.5 Å². The fourth-order valence-electron chi connectivity index (χ4n) is 1.68. The first-order valence-electron chi connectivity index (χ1n) is 5.93. The van der Waals surface area contributed by atoms with Gasteiger partial charge in [0.15, 0.2) is 5.76 Å². The number of carbonyl (C=O) groups excluding carboxylic acids is 1. The Morgan fingerprint density at radius 1 is 1.30 bits per heavy atom. The molecule has 20 heavy (non-hydrogen) atoms. The topological polar surface area (TPSA) is 51.5 Å². The predicted octanol–water partition coefficient (Wildman–Crippen LogP) is 3.12. The third-order valence-electron chi connectivity index (χ3n) is 2.59. The van der Waals surface area contributed by atoms with E-state index in [4.69, 9.17) is 4.42 Å². The second-order valence-electron chi connectivity index (χ2n) is 4.08. The fourth-order valence-corrected chi connectivity index (χ4v) is 1.68. The number of furan rings is 1. The first kappa shape index (κ1) is 14.0. The summed E-state index contributed by atoms with van der Waals surface area (Å²) in [6, 6.07) is 9.50. The third kappa shape index (κ3) is 3.57. The lowest BCUT2D eigenvalue weighted by molar-refractivity contribution is -0.0504. The first-order chi connectivity index (χ1) is 9.56. The molecular formula is C14H13F2NO3. The van der Waals surface area contributed by atoms with Crippen molar-refractivity contribution in [3.05, 3.63) is 53.5 Å². The maximum Gasteiger partial charge on any atom is 0.387 e. The maximum absolute atomic E-state index is 12.2. The van der Waals surface area contributed by atoms with Crippen molar-refractivity contribution in [2.75, 3.05) is 0 Å². The Morgan fingerprint density at radius 3 is 2.70 bits per heavy atom. The van der Waals surface area contributed by atoms with Crippen molar-refractivity contribution in [3.63, 3.8) is 0 Å². The molecule has 0 saturated heterocycles. The molecule has 0 fully saturated rings. The molecule has 0 aliphatic carbocycles. The molecule has 106 valence electrons. The highest BCUT2D eigenvalue weighted by molar-refractivity contribution is 5.91. The molecule has 0 unspecified atom stereocenters. The van der Waals surface area contributed by atoms with Crippen LogP contribution in [0.3, 0.4) is 0 Å². The molecule has 1 aromatic carbocycles. The summed E-state index contributed by atoms with van der Waals surface area (Å²) in [6.45, 7) is -1.11. The number of hydrogen-bond donors (Lipinski definition) is 1. The van der Waals surface area contributed by atoms with Gasteiger partial charge in [-0.25, -0.2) is 0 Å². The zero-order chi connectivity index (χ0) is 14.5. The molecule has 0 atom stereocenters. The lowest BCUT2D eigenvalue weighted by Crippen LogP contribution is -2.22. The number of alkyl halides is 2. The van der Waals surface area contributed by atoms with Crippen LogP contribution >= 0.6 is 0 Å². The van der Waals surface area contributed by atoms with Crippen LogP contribution in [0.4, 0.5) is 8.78 Å². The van der Waals surface area contributed by atoms with Gasteiger partial charge in [-0.1, -0.05) is 18.2 Å². The number of carbonyl (C=O) groups is 1. The molecule has 4 nitrogen and oxygen atoms in total. The summed E-state index contributed by atoms with van der Waals surface area (Å²) >= 11 is 0. The largest absolute Gasteiger partial charge is 0.456 e. The van der Waals surface area contributed by atoms with Gasteiger partial charge in [-0.3, -0.25) is 4.79 Å². The van der Waals surface area contributed by atoms with Crippen LogP contribution in [0.25, 0.3) is 0 Å². The van der Waals surface area contributed by atoms with E-state index in [-0.39, 0.29) is 18.1 Å². The SMILES string of the molecule is Cc1ccc(C(=O)NCc2ccccc2OC(F)F)o1. The highest BCUT2D eigenvalue weighted by atomic mass is 19.3. The summed E-state index contributed by atoms with van der Waals surface area (Å²) in [5.41, 5.74) is 0.462. The van der Waals surface area contributed by atoms with Crippen LogP contribution < -0.4 is 10.1 Å². The van der Waals surface area contributed by atoms with Gasteiger partial charge in [0.05, 0.1) is 0 Å². The number of ether oxygens (including phenoxy) is 1. The summed E-state index contributed by atoms with van der Waals surface area (Å²) in [4.78, 5) is 11.8. The van der Waals surface area contributed by atoms with E-state index >= 15 is 0 Å². The second-order valence-corrected chi connectivity index (χ2v) is 4.08. The van der Waals surface area contributed by atoms with Gasteiger partial charge in [0, 0.05) is 12.1 Å². The first-order valence-corrected chi connectivity index (χ1v) is 5.93. The molecule has 0 aliphatic rings. The Balaban J connectivity index is 2.02. The van der Waals surface area contributed by atoms with E-state index in [0.717, 1.165) is 0 Å². The number of halogens is 2. The Kier molecular flexibility index (Phi) is 4.34. The summed E-state index contributed by atoms with van der Waals surface area (Å²) in [6.07, 6.45) is 0. The van der Waals surface area contributed by atoms with E-state index in [2.05, 4.69) is 10.1 Å². The summed E-state index contributed by atoms with van der Waals surface area (Å²) in [5, 5.41) is 2.58. The number of hydrogen-bond acceptors (Lipinski definition) is 3. The average Bonchev–Trinajstić information content (AvgIpc) is 2.83. The molecule has 1 amide bonds. The monoisotopic (exact) mass is 281 g/mol. The van der Waals surface area contributed by atoms with Crippen LogP contribution in [0.2, 0.25) is 0 Å². The van der Waals surface area contributed by atoms with Gasteiger partial charge in [-0.2, -0.15) is 8.78 Å². The number of rotatable bonds is 5. The molecule has 0 radical (unpaired) electrons. The Hall–Kier alpha value is -2.37. The van der Waals surface area contributed by atoms with Crippen LogP contribution in [-0.4, -0.2) is 12.5 Å². The number of para-hydroxylation sites is 1. The van der Waals surface area contributed by atoms with E-state index in [1.165, 1.54) is 6.07 Å². The molecule has 0 spiro atoms. The van der Waals surface area contributed by atoms with Gasteiger partial charge in [-0.15, -0.1) is 0 Å². The van der Waals surface area contributed by atoms with Gasteiger partial charge in [-0.05, 0) is 25.1 Å². The highest BCUT2D eigenvalue weighted by Gasteiger charge is 2.12. The zero-order valence-corrected chi connectivity index (χ0v) is 10.7. The van der Waals surface area contributed by atoms with Crippen LogP contribution in [0, 0.1) is 6.92 Å². The number of aryl methyl sites for hydroxylation is 1. The van der Waals surface area contributed by atoms with E-state index in [0.29, 0.717) is 11.3 Å². The van der Waals surface area contributed by atoms with Crippen LogP contribution in [0.5, 0.6) is 5.75 Å². The Labute approximate surface area is 114 Å². The minimum absolute atomic E-state index is 0.0402. The van der Waals surface area contributed by atoms with Crippen LogP contribution in [0.15, 0.2) is 40.8 Å². The molecule has 0 saturated carbocycles. The molecule has 1 aromatic heterocycles. The smallest absolute Gasteiger partial charge is 0.387 e. The van der Waals surface area contributed by atoms with Crippen molar-refractivity contribution in [3.8, 4) is 5.75 Å². The molecule has 0 aliphatic heterocycles. The van der Waals surface area contributed by atoms with Gasteiger partial charge in [0.25, 0.3) is 5.91 Å². The van der Waals surface area contributed by atoms with Crippen LogP contribution in [0.1, 0.15) is 21.9 Å². The summed E-state index contributed by atoms with van der Waals surface area (Å²) in [5.74, 6) is 0.426. The van der Waals surface area contributed by atoms with Crippen molar-refractivity contribution in [2.45, 2.75) is 20.1 Å². The zero-order valence-electron chi connectivity index (χ0n) is 10.7. The van der Waals surface area contributed by atoms with Crippen molar-refractivity contribution in [1.82, 2.24) is 5.32 Å². The Bertz CT molecular complexity index is 596.